The highest BCUT2D eigenvalue weighted by Crippen LogP contribution is 2.52. The summed E-state index contributed by atoms with van der Waals surface area (Å²) >= 11 is 0. The van der Waals surface area contributed by atoms with Gasteiger partial charge in [-0.1, -0.05) is 63.4 Å². The van der Waals surface area contributed by atoms with Gasteiger partial charge in [-0.2, -0.15) is 0 Å². The molecule has 34 heavy (non-hydrogen) atoms. The number of rotatable bonds is 9. The Morgan fingerprint density at radius 2 is 1.79 bits per heavy atom. The molecule has 4 fully saturated rings. The molecule has 3 aliphatic carbocycles. The Balaban J connectivity index is 1.37. The molecular weight excluding hydrogens is 422 g/mol. The van der Waals surface area contributed by atoms with Crippen LogP contribution in [0.3, 0.4) is 0 Å². The Hall–Kier alpha value is -2.04. The van der Waals surface area contributed by atoms with Crippen LogP contribution in [0.25, 0.3) is 0 Å². The Kier molecular flexibility index (Phi) is 6.65. The fraction of sp³-hybridized carbons (Fsp3) is 0.724. The summed E-state index contributed by atoms with van der Waals surface area (Å²) in [6.07, 6.45) is 12.7. The molecule has 1 spiro atoms. The fourth-order valence-electron chi connectivity index (χ4n) is 7.02. The summed E-state index contributed by atoms with van der Waals surface area (Å²) in [6, 6.07) is 11.6. The molecule has 0 radical (unpaired) electrons. The lowest BCUT2D eigenvalue weighted by molar-refractivity contribution is -0.121. The van der Waals surface area contributed by atoms with Crippen LogP contribution in [0.2, 0.25) is 0 Å². The van der Waals surface area contributed by atoms with E-state index in [0.29, 0.717) is 24.4 Å². The minimum absolute atomic E-state index is 0.0162. The van der Waals surface area contributed by atoms with Crippen molar-refractivity contribution in [1.29, 1.82) is 0 Å². The molecule has 1 N–H and O–H groups in total. The molecule has 5 rings (SSSR count). The summed E-state index contributed by atoms with van der Waals surface area (Å²) in [5.74, 6) is 1.28. The van der Waals surface area contributed by atoms with Crippen molar-refractivity contribution in [2.45, 2.75) is 101 Å². The van der Waals surface area contributed by atoms with Crippen molar-refractivity contribution in [2.24, 2.45) is 11.8 Å². The quantitative estimate of drug-likeness (QED) is 0.524. The number of hydrogen-bond acceptors (Lipinski definition) is 2. The molecule has 1 atom stereocenters. The predicted molar refractivity (Wildman–Crippen MR) is 136 cm³/mol. The van der Waals surface area contributed by atoms with E-state index in [1.165, 1.54) is 37.7 Å². The third kappa shape index (κ3) is 4.47. The van der Waals surface area contributed by atoms with E-state index < -0.39 is 0 Å². The lowest BCUT2D eigenvalue weighted by atomic mass is 9.58. The standard InChI is InChI=1S/C29H43N3O2/c1-3-8-22(2)29(24-11-5-4-6-12-24)17-15-28(16-18-29)21-31(20-26(33)30-25-13-14-25)27(34)32(28)19-23-9-7-10-23/h4-6,11-12,22-23,25H,3,7-10,13-21H2,1-2H3,(H,30,33). The van der Waals surface area contributed by atoms with Crippen molar-refractivity contribution in [1.82, 2.24) is 15.1 Å². The van der Waals surface area contributed by atoms with Crippen LogP contribution in [0, 0.1) is 11.8 Å². The highest BCUT2D eigenvalue weighted by atomic mass is 16.2. The number of carbonyl (C=O) groups is 2. The molecule has 3 saturated carbocycles. The van der Waals surface area contributed by atoms with Gasteiger partial charge in [-0.15, -0.1) is 0 Å². The van der Waals surface area contributed by atoms with Crippen molar-refractivity contribution in [3.63, 3.8) is 0 Å². The lowest BCUT2D eigenvalue weighted by Gasteiger charge is -2.51. The molecular formula is C29H43N3O2. The monoisotopic (exact) mass is 465 g/mol. The van der Waals surface area contributed by atoms with E-state index in [4.69, 9.17) is 0 Å². The van der Waals surface area contributed by atoms with Gasteiger partial charge in [0.25, 0.3) is 0 Å². The van der Waals surface area contributed by atoms with Crippen LogP contribution in [0.1, 0.15) is 90.0 Å². The zero-order valence-electron chi connectivity index (χ0n) is 21.2. The maximum atomic E-state index is 13.6. The SMILES string of the molecule is CCCC(C)C1(c2ccccc2)CCC2(CC1)CN(CC(=O)NC1CC1)C(=O)N2CC1CCC1. The van der Waals surface area contributed by atoms with Gasteiger partial charge in [0.1, 0.15) is 6.54 Å². The molecule has 0 aromatic heterocycles. The Labute approximate surface area is 205 Å². The molecule has 1 heterocycles. The summed E-state index contributed by atoms with van der Waals surface area (Å²) in [6.45, 7) is 6.54. The molecule has 1 aromatic carbocycles. The molecule has 1 aromatic rings. The molecule has 5 nitrogen and oxygen atoms in total. The van der Waals surface area contributed by atoms with Crippen LogP contribution >= 0.6 is 0 Å². The third-order valence-corrected chi connectivity index (χ3v) is 9.59. The number of benzene rings is 1. The van der Waals surface area contributed by atoms with E-state index >= 15 is 0 Å². The van der Waals surface area contributed by atoms with Crippen LogP contribution in [0.5, 0.6) is 0 Å². The molecule has 4 aliphatic rings. The smallest absolute Gasteiger partial charge is 0.321 e. The van der Waals surface area contributed by atoms with Gasteiger partial charge in [0.15, 0.2) is 0 Å². The minimum atomic E-state index is -0.114. The van der Waals surface area contributed by atoms with Crippen LogP contribution in [0.4, 0.5) is 4.79 Å². The molecule has 186 valence electrons. The average Bonchev–Trinajstić information content (AvgIpc) is 3.58. The second-order valence-electron chi connectivity index (χ2n) is 11.8. The lowest BCUT2D eigenvalue weighted by Crippen LogP contribution is -2.55. The first-order valence-corrected chi connectivity index (χ1v) is 13.9. The van der Waals surface area contributed by atoms with Gasteiger partial charge >= 0.3 is 6.03 Å². The van der Waals surface area contributed by atoms with Gasteiger partial charge in [0.2, 0.25) is 5.91 Å². The summed E-state index contributed by atoms with van der Waals surface area (Å²) in [7, 11) is 0. The zero-order chi connectivity index (χ0) is 23.8. The maximum Gasteiger partial charge on any atom is 0.321 e. The first-order valence-electron chi connectivity index (χ1n) is 13.9. The summed E-state index contributed by atoms with van der Waals surface area (Å²) in [5, 5.41) is 3.08. The van der Waals surface area contributed by atoms with Crippen molar-refractivity contribution in [2.75, 3.05) is 19.6 Å². The van der Waals surface area contributed by atoms with E-state index in [2.05, 4.69) is 54.4 Å². The predicted octanol–water partition coefficient (Wildman–Crippen LogP) is 5.49. The normalized spacial score (nSPS) is 30.5. The highest BCUT2D eigenvalue weighted by Gasteiger charge is 2.55. The van der Waals surface area contributed by atoms with Gasteiger partial charge in [-0.05, 0) is 74.2 Å². The van der Waals surface area contributed by atoms with Gasteiger partial charge in [-0.3, -0.25) is 4.79 Å². The van der Waals surface area contributed by atoms with Crippen molar-refractivity contribution in [3.05, 3.63) is 35.9 Å². The topological polar surface area (TPSA) is 52.7 Å². The van der Waals surface area contributed by atoms with Crippen molar-refractivity contribution in [3.8, 4) is 0 Å². The fourth-order valence-corrected chi connectivity index (χ4v) is 7.02. The Morgan fingerprint density at radius 1 is 1.09 bits per heavy atom. The number of hydrogen-bond donors (Lipinski definition) is 1. The first-order chi connectivity index (χ1) is 16.5. The van der Waals surface area contributed by atoms with Crippen LogP contribution in [-0.2, 0) is 10.2 Å². The van der Waals surface area contributed by atoms with Crippen LogP contribution in [0.15, 0.2) is 30.3 Å². The molecule has 0 bridgehead atoms. The molecule has 1 aliphatic heterocycles. The van der Waals surface area contributed by atoms with Crippen LogP contribution < -0.4 is 5.32 Å². The van der Waals surface area contributed by atoms with E-state index in [0.717, 1.165) is 45.1 Å². The second-order valence-corrected chi connectivity index (χ2v) is 11.8. The van der Waals surface area contributed by atoms with Crippen LogP contribution in [-0.4, -0.2) is 53.0 Å². The molecule has 1 unspecified atom stereocenters. The molecule has 1 saturated heterocycles. The first kappa shape index (κ1) is 23.7. The summed E-state index contributed by atoms with van der Waals surface area (Å²) < 4.78 is 0. The van der Waals surface area contributed by atoms with Gasteiger partial charge < -0.3 is 15.1 Å². The number of nitrogens with one attached hydrogen (secondary N) is 1. The second kappa shape index (κ2) is 9.54. The van der Waals surface area contributed by atoms with E-state index in [9.17, 15) is 9.59 Å². The number of amides is 3. The minimum Gasteiger partial charge on any atom is -0.352 e. The largest absolute Gasteiger partial charge is 0.352 e. The Bertz CT molecular complexity index is 869. The van der Waals surface area contributed by atoms with Crippen molar-refractivity contribution >= 4 is 11.9 Å². The molecule has 5 heteroatoms. The Morgan fingerprint density at radius 3 is 2.38 bits per heavy atom. The van der Waals surface area contributed by atoms with Gasteiger partial charge in [0, 0.05) is 19.1 Å². The summed E-state index contributed by atoms with van der Waals surface area (Å²) in [4.78, 5) is 30.3. The third-order valence-electron chi connectivity index (χ3n) is 9.59. The van der Waals surface area contributed by atoms with Gasteiger partial charge in [0.05, 0.1) is 5.54 Å². The van der Waals surface area contributed by atoms with E-state index in [1.807, 2.05) is 4.90 Å². The maximum absolute atomic E-state index is 13.6. The van der Waals surface area contributed by atoms with E-state index in [1.54, 1.807) is 0 Å². The number of urea groups is 1. The van der Waals surface area contributed by atoms with E-state index in [-0.39, 0.29) is 29.4 Å². The van der Waals surface area contributed by atoms with Crippen molar-refractivity contribution < 1.29 is 9.59 Å². The number of carbonyl (C=O) groups excluding carboxylic acids is 2. The highest BCUT2D eigenvalue weighted by molar-refractivity contribution is 5.86. The number of nitrogens with zero attached hydrogens (tertiary/aromatic N) is 2. The zero-order valence-corrected chi connectivity index (χ0v) is 21.2. The molecule has 3 amide bonds. The van der Waals surface area contributed by atoms with Gasteiger partial charge in [-0.25, -0.2) is 4.79 Å². The average molecular weight is 466 g/mol. The summed E-state index contributed by atoms with van der Waals surface area (Å²) in [5.41, 5.74) is 1.54.